The van der Waals surface area contributed by atoms with Crippen LogP contribution in [0.5, 0.6) is 0 Å². The molecule has 1 heterocycles. The van der Waals surface area contributed by atoms with Crippen molar-refractivity contribution in [1.29, 1.82) is 0 Å². The number of hydrogen-bond donors (Lipinski definition) is 0. The Morgan fingerprint density at radius 2 is 2.10 bits per heavy atom. The van der Waals surface area contributed by atoms with Gasteiger partial charge in [-0.2, -0.15) is 0 Å². The van der Waals surface area contributed by atoms with Gasteiger partial charge in [-0.25, -0.2) is 4.79 Å². The van der Waals surface area contributed by atoms with Gasteiger partial charge >= 0.3 is 11.1 Å². The Bertz CT molecular complexity index is 676. The molecule has 0 N–H and O–H groups in total. The van der Waals surface area contributed by atoms with Gasteiger partial charge in [0.1, 0.15) is 6.61 Å². The molecule has 0 aliphatic heterocycles. The number of nitro groups is 1. The molecule has 0 aliphatic carbocycles. The van der Waals surface area contributed by atoms with Crippen LogP contribution in [0.15, 0.2) is 18.2 Å². The number of ether oxygens (including phenoxy) is 1. The van der Waals surface area contributed by atoms with Gasteiger partial charge in [-0.05, 0) is 39.6 Å². The number of carbonyl (C=O) groups is 1. The van der Waals surface area contributed by atoms with Crippen molar-refractivity contribution in [2.24, 2.45) is 0 Å². The molecule has 7 nitrogen and oxygen atoms in total. The largest absolute Gasteiger partial charge is 0.455 e. The van der Waals surface area contributed by atoms with Gasteiger partial charge in [0.05, 0.1) is 20.7 Å². The highest BCUT2D eigenvalue weighted by Gasteiger charge is 2.17. The lowest BCUT2D eigenvalue weighted by Gasteiger charge is -2.03. The average molecular weight is 334 g/mol. The quantitative estimate of drug-likeness (QED) is 0.484. The molecule has 0 radical (unpaired) electrons. The maximum absolute atomic E-state index is 11.7. The Kier molecular flexibility index (Phi) is 4.48. The van der Waals surface area contributed by atoms with E-state index >= 15 is 0 Å². The van der Waals surface area contributed by atoms with E-state index in [2.05, 4.69) is 10.2 Å². The van der Waals surface area contributed by atoms with E-state index in [1.54, 1.807) is 0 Å². The lowest BCUT2D eigenvalue weighted by molar-refractivity contribution is -0.385. The van der Waals surface area contributed by atoms with E-state index in [-0.39, 0.29) is 27.3 Å². The molecule has 0 saturated heterocycles. The second-order valence-corrected chi connectivity index (χ2v) is 5.30. The third kappa shape index (κ3) is 3.41. The summed E-state index contributed by atoms with van der Waals surface area (Å²) in [5.74, 6) is -0.638. The van der Waals surface area contributed by atoms with Gasteiger partial charge in [-0.1, -0.05) is 23.2 Å². The highest BCUT2D eigenvalue weighted by molar-refractivity contribution is 7.14. The summed E-state index contributed by atoms with van der Waals surface area (Å²) in [5, 5.41) is 17.7. The van der Waals surface area contributed by atoms with Crippen molar-refractivity contribution in [3.05, 3.63) is 48.9 Å². The summed E-state index contributed by atoms with van der Waals surface area (Å²) in [5.41, 5.74) is 0.221. The van der Waals surface area contributed by atoms with E-state index in [1.807, 2.05) is 0 Å². The number of nitrogens with zero attached hydrogens (tertiary/aromatic N) is 3. The van der Waals surface area contributed by atoms with Crippen molar-refractivity contribution < 1.29 is 14.5 Å². The van der Waals surface area contributed by atoms with E-state index in [4.69, 9.17) is 27.9 Å². The predicted octanol–water partition coefficient (Wildman–Crippen LogP) is 3.11. The zero-order valence-electron chi connectivity index (χ0n) is 9.58. The van der Waals surface area contributed by atoms with E-state index in [0.29, 0.717) is 5.02 Å². The van der Waals surface area contributed by atoms with Crippen molar-refractivity contribution >= 4 is 45.6 Å². The lowest BCUT2D eigenvalue weighted by Crippen LogP contribution is -2.05. The minimum Gasteiger partial charge on any atom is -0.455 e. The van der Waals surface area contributed by atoms with Crippen molar-refractivity contribution in [2.45, 2.75) is 6.61 Å². The summed E-state index contributed by atoms with van der Waals surface area (Å²) in [6, 6.07) is 4.30. The molecule has 0 aliphatic rings. The van der Waals surface area contributed by atoms with Crippen LogP contribution in [-0.2, 0) is 11.3 Å². The summed E-state index contributed by atoms with van der Waals surface area (Å²) in [6.07, 6.45) is 0. The monoisotopic (exact) mass is 333 g/mol. The summed E-state index contributed by atoms with van der Waals surface area (Å²) in [6.45, 7) is -0.204. The first-order valence-electron chi connectivity index (χ1n) is 5.06. The zero-order valence-corrected chi connectivity index (χ0v) is 11.9. The Morgan fingerprint density at radius 3 is 2.70 bits per heavy atom. The minimum absolute atomic E-state index is 0.204. The number of benzene rings is 1. The van der Waals surface area contributed by atoms with Crippen LogP contribution in [-0.4, -0.2) is 21.1 Å². The topological polar surface area (TPSA) is 95.2 Å². The fourth-order valence-electron chi connectivity index (χ4n) is 1.21. The zero-order chi connectivity index (χ0) is 14.7. The molecule has 0 amide bonds. The molecule has 0 saturated carbocycles. The first-order chi connectivity index (χ1) is 9.47. The highest BCUT2D eigenvalue weighted by atomic mass is 35.5. The number of esters is 1. The van der Waals surface area contributed by atoms with E-state index in [1.165, 1.54) is 18.2 Å². The number of aromatic nitrogens is 2. The molecule has 20 heavy (non-hydrogen) atoms. The number of hydrogen-bond acceptors (Lipinski definition) is 7. The van der Waals surface area contributed by atoms with Crippen molar-refractivity contribution in [2.75, 3.05) is 0 Å². The van der Waals surface area contributed by atoms with Crippen molar-refractivity contribution in [3.63, 3.8) is 0 Å². The maximum Gasteiger partial charge on any atom is 0.450 e. The highest BCUT2D eigenvalue weighted by Crippen LogP contribution is 2.23. The molecule has 1 aromatic carbocycles. The molecule has 0 bridgehead atoms. The Hall–Kier alpha value is -1.77. The molecule has 10 heteroatoms. The van der Waals surface area contributed by atoms with Gasteiger partial charge in [-0.15, -0.1) is 0 Å². The predicted molar refractivity (Wildman–Crippen MR) is 72.1 cm³/mol. The third-order valence-electron chi connectivity index (χ3n) is 2.09. The first kappa shape index (κ1) is 14.6. The van der Waals surface area contributed by atoms with Crippen LogP contribution in [0.4, 0.5) is 5.13 Å². The average Bonchev–Trinajstić information content (AvgIpc) is 2.88. The summed E-state index contributed by atoms with van der Waals surface area (Å²) in [4.78, 5) is 21.5. The van der Waals surface area contributed by atoms with Gasteiger partial charge in [-0.3, -0.25) is 0 Å². The van der Waals surface area contributed by atoms with E-state index in [0.717, 1.165) is 11.3 Å². The number of rotatable bonds is 4. The summed E-state index contributed by atoms with van der Waals surface area (Å²) < 4.78 is 4.95. The number of halogens is 2. The minimum atomic E-state index is -0.665. The van der Waals surface area contributed by atoms with Gasteiger partial charge in [0, 0.05) is 0 Å². The second kappa shape index (κ2) is 6.12. The second-order valence-electron chi connectivity index (χ2n) is 3.44. The molecule has 0 atom stereocenters. The molecule has 2 rings (SSSR count). The Morgan fingerprint density at radius 1 is 1.35 bits per heavy atom. The standard InChI is InChI=1S/C10H5Cl2N3O4S/c11-6-2-1-5(3-7(6)12)9(16)19-4-8-13-14-10(20-8)15(17)18/h1-3H,4H2. The van der Waals surface area contributed by atoms with E-state index in [9.17, 15) is 14.9 Å². The van der Waals surface area contributed by atoms with Crippen molar-refractivity contribution in [1.82, 2.24) is 10.2 Å². The third-order valence-corrected chi connectivity index (χ3v) is 3.68. The molecule has 0 fully saturated rings. The van der Waals surface area contributed by atoms with Gasteiger partial charge in [0.25, 0.3) is 0 Å². The molecular formula is C10H5Cl2N3O4S. The fourth-order valence-corrected chi connectivity index (χ4v) is 2.08. The van der Waals surface area contributed by atoms with Crippen LogP contribution in [0.2, 0.25) is 10.0 Å². The van der Waals surface area contributed by atoms with Crippen molar-refractivity contribution in [3.8, 4) is 0 Å². The number of carbonyl (C=O) groups excluding carboxylic acids is 1. The molecule has 2 aromatic rings. The molecule has 104 valence electrons. The van der Waals surface area contributed by atoms with Gasteiger partial charge < -0.3 is 14.9 Å². The molecule has 0 spiro atoms. The van der Waals surface area contributed by atoms with Crippen LogP contribution >= 0.6 is 34.5 Å². The van der Waals surface area contributed by atoms with E-state index < -0.39 is 10.9 Å². The fraction of sp³-hybridized carbons (Fsp3) is 0.100. The Balaban J connectivity index is 2.00. The molecular weight excluding hydrogens is 329 g/mol. The smallest absolute Gasteiger partial charge is 0.450 e. The molecule has 1 aromatic heterocycles. The summed E-state index contributed by atoms with van der Waals surface area (Å²) >= 11 is 12.2. The molecule has 0 unspecified atom stereocenters. The SMILES string of the molecule is O=C(OCc1nnc([N+](=O)[O-])s1)c1ccc(Cl)c(Cl)c1. The van der Waals surface area contributed by atoms with Crippen LogP contribution in [0.25, 0.3) is 0 Å². The lowest BCUT2D eigenvalue weighted by atomic mass is 10.2. The van der Waals surface area contributed by atoms with Crippen LogP contribution in [0.3, 0.4) is 0 Å². The van der Waals surface area contributed by atoms with Crippen LogP contribution < -0.4 is 0 Å². The first-order valence-corrected chi connectivity index (χ1v) is 6.63. The Labute approximate surface area is 126 Å². The van der Waals surface area contributed by atoms with Gasteiger partial charge in [0.2, 0.25) is 0 Å². The van der Waals surface area contributed by atoms with Gasteiger partial charge in [0.15, 0.2) is 5.01 Å². The van der Waals surface area contributed by atoms with Crippen LogP contribution in [0, 0.1) is 10.1 Å². The maximum atomic E-state index is 11.7. The normalized spacial score (nSPS) is 10.3. The summed E-state index contributed by atoms with van der Waals surface area (Å²) in [7, 11) is 0. The van der Waals surface area contributed by atoms with Crippen LogP contribution in [0.1, 0.15) is 15.4 Å².